The normalized spacial score (nSPS) is 12.7. The van der Waals surface area contributed by atoms with Crippen LogP contribution in [0.3, 0.4) is 0 Å². The Morgan fingerprint density at radius 2 is 0.646 bits per heavy atom. The molecule has 0 fully saturated rings. The molecular weight excluding hydrogens is 983 g/mol. The number of quaternary nitrogens is 1. The maximum Gasteiger partial charge on any atom is 0.361 e. The molecule has 0 aliphatic carbocycles. The van der Waals surface area contributed by atoms with E-state index in [-0.39, 0.29) is 32.2 Å². The summed E-state index contributed by atoms with van der Waals surface area (Å²) in [4.78, 5) is 37.5. The summed E-state index contributed by atoms with van der Waals surface area (Å²) >= 11 is 0. The number of carbonyl (C=O) groups excluding carboxylic acids is 2. The monoisotopic (exact) mass is 1120 g/mol. The zero-order valence-electron chi connectivity index (χ0n) is 53.6. The summed E-state index contributed by atoms with van der Waals surface area (Å²) in [6.07, 6.45) is 72.1. The van der Waals surface area contributed by atoms with Crippen LogP contribution in [-0.2, 0) is 33.3 Å². The van der Waals surface area contributed by atoms with Gasteiger partial charge < -0.3 is 28.5 Å². The fourth-order valence-corrected chi connectivity index (χ4v) is 10.7. The highest BCUT2D eigenvalue weighted by molar-refractivity contribution is 5.71. The standard InChI is InChI=1S/C70H135NO8/c1-6-8-10-12-14-16-18-20-22-24-25-26-27-28-29-30-31-32-33-34-35-36-37-38-39-40-41-42-43-45-46-48-50-52-54-56-58-60-67(72)77-64-66(65-78-70(69(74)75)76-63-62-71(3,4)5)79-68(73)61-59-57-55-53-51-49-47-44-23-21-19-17-15-13-11-9-7-2/h21,23,66,70H,6-20,22,24-65H2,1-5H3/p+1/b23-21-. The summed E-state index contributed by atoms with van der Waals surface area (Å²) in [5, 5.41) is 9.72. The van der Waals surface area contributed by atoms with Gasteiger partial charge in [-0.2, -0.15) is 0 Å². The molecular formula is C70H136NO8+. The maximum absolute atomic E-state index is 12.9. The molecule has 0 aliphatic rings. The van der Waals surface area contributed by atoms with Gasteiger partial charge >= 0.3 is 17.9 Å². The van der Waals surface area contributed by atoms with Gasteiger partial charge in [0.2, 0.25) is 0 Å². The van der Waals surface area contributed by atoms with E-state index in [4.69, 9.17) is 18.9 Å². The lowest BCUT2D eigenvalue weighted by Gasteiger charge is -2.25. The first-order valence-corrected chi connectivity index (χ1v) is 34.9. The van der Waals surface area contributed by atoms with E-state index in [2.05, 4.69) is 26.0 Å². The summed E-state index contributed by atoms with van der Waals surface area (Å²) in [5.74, 6) is -1.98. The molecule has 2 atom stereocenters. The minimum Gasteiger partial charge on any atom is -0.477 e. The van der Waals surface area contributed by atoms with Gasteiger partial charge in [0.15, 0.2) is 6.10 Å². The van der Waals surface area contributed by atoms with Gasteiger partial charge in [0, 0.05) is 12.8 Å². The van der Waals surface area contributed by atoms with Crippen molar-refractivity contribution in [2.75, 3.05) is 47.5 Å². The topological polar surface area (TPSA) is 108 Å². The number of unbranched alkanes of at least 4 members (excludes halogenated alkanes) is 49. The van der Waals surface area contributed by atoms with E-state index in [1.54, 1.807) is 0 Å². The van der Waals surface area contributed by atoms with E-state index in [1.165, 1.54) is 283 Å². The fraction of sp³-hybridized carbons (Fsp3) is 0.929. The number of carbonyl (C=O) groups is 3. The number of aliphatic carboxylic acids is 1. The molecule has 0 rings (SSSR count). The van der Waals surface area contributed by atoms with Gasteiger partial charge in [0.1, 0.15) is 13.2 Å². The Labute approximate surface area is 491 Å². The summed E-state index contributed by atoms with van der Waals surface area (Å²) in [6.45, 7) is 4.94. The highest BCUT2D eigenvalue weighted by Gasteiger charge is 2.25. The number of ether oxygens (including phenoxy) is 4. The summed E-state index contributed by atoms with van der Waals surface area (Å²) in [5.41, 5.74) is 0. The van der Waals surface area contributed by atoms with Crippen molar-refractivity contribution < 1.29 is 42.9 Å². The van der Waals surface area contributed by atoms with Gasteiger partial charge in [-0.25, -0.2) is 4.79 Å². The zero-order chi connectivity index (χ0) is 57.6. The number of carboxylic acids is 1. The molecule has 468 valence electrons. The molecule has 2 unspecified atom stereocenters. The number of likely N-dealkylation sites (N-methyl/N-ethyl adjacent to an activating group) is 1. The lowest BCUT2D eigenvalue weighted by Crippen LogP contribution is -2.40. The van der Waals surface area contributed by atoms with Gasteiger partial charge in [0.05, 0.1) is 34.4 Å². The minimum atomic E-state index is -1.51. The quantitative estimate of drug-likeness (QED) is 0.0211. The predicted octanol–water partition coefficient (Wildman–Crippen LogP) is 21.3. The third-order valence-corrected chi connectivity index (χ3v) is 16.0. The summed E-state index contributed by atoms with van der Waals surface area (Å²) in [7, 11) is 5.98. The molecule has 0 heterocycles. The maximum atomic E-state index is 12.9. The Kier molecular flexibility index (Phi) is 60.5. The zero-order valence-corrected chi connectivity index (χ0v) is 53.6. The first-order chi connectivity index (χ1) is 38.6. The lowest BCUT2D eigenvalue weighted by molar-refractivity contribution is -0.870. The second kappa shape index (κ2) is 62.1. The van der Waals surface area contributed by atoms with Gasteiger partial charge in [-0.05, 0) is 38.5 Å². The highest BCUT2D eigenvalue weighted by Crippen LogP contribution is 2.19. The van der Waals surface area contributed by atoms with Crippen LogP contribution in [0.25, 0.3) is 0 Å². The van der Waals surface area contributed by atoms with Crippen LogP contribution < -0.4 is 0 Å². The number of hydrogen-bond acceptors (Lipinski definition) is 7. The van der Waals surface area contributed by atoms with E-state index >= 15 is 0 Å². The number of rotatable bonds is 66. The van der Waals surface area contributed by atoms with E-state index in [0.717, 1.165) is 51.4 Å². The smallest absolute Gasteiger partial charge is 0.361 e. The average molecular weight is 1120 g/mol. The van der Waals surface area contributed by atoms with E-state index in [9.17, 15) is 19.5 Å². The molecule has 0 bridgehead atoms. The number of nitrogens with zero attached hydrogens (tertiary/aromatic N) is 1. The third kappa shape index (κ3) is 63.5. The van der Waals surface area contributed by atoms with Crippen LogP contribution >= 0.6 is 0 Å². The van der Waals surface area contributed by atoms with Crippen LogP contribution in [0.5, 0.6) is 0 Å². The first kappa shape index (κ1) is 77.0. The number of hydrogen-bond donors (Lipinski definition) is 1. The molecule has 9 heteroatoms. The van der Waals surface area contributed by atoms with Crippen LogP contribution in [0.1, 0.15) is 361 Å². The molecule has 0 amide bonds. The molecule has 0 saturated heterocycles. The van der Waals surface area contributed by atoms with Gasteiger partial charge in [-0.15, -0.1) is 0 Å². The molecule has 0 aromatic rings. The number of allylic oxidation sites excluding steroid dienone is 2. The third-order valence-electron chi connectivity index (χ3n) is 16.0. The molecule has 79 heavy (non-hydrogen) atoms. The number of esters is 2. The van der Waals surface area contributed by atoms with Crippen molar-refractivity contribution in [1.82, 2.24) is 0 Å². The van der Waals surface area contributed by atoms with Crippen molar-refractivity contribution in [3.8, 4) is 0 Å². The molecule has 9 nitrogen and oxygen atoms in total. The van der Waals surface area contributed by atoms with Gasteiger partial charge in [-0.1, -0.05) is 321 Å². The molecule has 0 aromatic carbocycles. The van der Waals surface area contributed by atoms with Crippen LogP contribution in [0.4, 0.5) is 0 Å². The molecule has 0 spiro atoms. The first-order valence-electron chi connectivity index (χ1n) is 34.9. The second-order valence-corrected chi connectivity index (χ2v) is 25.2. The van der Waals surface area contributed by atoms with Crippen molar-refractivity contribution in [2.45, 2.75) is 373 Å². The fourth-order valence-electron chi connectivity index (χ4n) is 10.7. The van der Waals surface area contributed by atoms with Crippen LogP contribution in [-0.4, -0.2) is 87.4 Å². The van der Waals surface area contributed by atoms with Crippen molar-refractivity contribution in [2.24, 2.45) is 0 Å². The predicted molar refractivity (Wildman–Crippen MR) is 337 cm³/mol. The van der Waals surface area contributed by atoms with E-state index in [1.807, 2.05) is 21.1 Å². The second-order valence-electron chi connectivity index (χ2n) is 25.2. The Morgan fingerprint density at radius 1 is 0.367 bits per heavy atom. The van der Waals surface area contributed by atoms with Crippen molar-refractivity contribution in [3.63, 3.8) is 0 Å². The largest absolute Gasteiger partial charge is 0.477 e. The Morgan fingerprint density at radius 3 is 0.937 bits per heavy atom. The molecule has 0 radical (unpaired) electrons. The summed E-state index contributed by atoms with van der Waals surface area (Å²) in [6, 6.07) is 0. The summed E-state index contributed by atoms with van der Waals surface area (Å²) < 4.78 is 22.9. The lowest BCUT2D eigenvalue weighted by atomic mass is 10.0. The van der Waals surface area contributed by atoms with Crippen LogP contribution in [0.15, 0.2) is 12.2 Å². The Bertz CT molecular complexity index is 1300. The highest BCUT2D eigenvalue weighted by atomic mass is 16.7. The molecule has 0 aliphatic heterocycles. The van der Waals surface area contributed by atoms with E-state index < -0.39 is 24.3 Å². The van der Waals surface area contributed by atoms with Crippen molar-refractivity contribution in [3.05, 3.63) is 12.2 Å². The Balaban J connectivity index is 3.93. The minimum absolute atomic E-state index is 0.177. The van der Waals surface area contributed by atoms with Crippen LogP contribution in [0.2, 0.25) is 0 Å². The molecule has 0 aromatic heterocycles. The van der Waals surface area contributed by atoms with Gasteiger partial charge in [0.25, 0.3) is 6.29 Å². The van der Waals surface area contributed by atoms with Crippen molar-refractivity contribution in [1.29, 1.82) is 0 Å². The average Bonchev–Trinajstić information content (AvgIpc) is 3.42. The van der Waals surface area contributed by atoms with Gasteiger partial charge in [-0.3, -0.25) is 9.59 Å². The van der Waals surface area contributed by atoms with Crippen LogP contribution in [0, 0.1) is 0 Å². The SMILES string of the molecule is CCCCCCCC/C=C\CCCCCCCCCC(=O)OC(COC(=O)CCCCCCCCCCCCCCCCCCCCCCCCCCCCCCCCCCCCCCC)COC(OCC[N+](C)(C)C)C(=O)O. The number of carboxylic acid groups (broad SMARTS) is 1. The Hall–Kier alpha value is -1.97. The molecule has 0 saturated carbocycles. The molecule has 1 N–H and O–H groups in total. The van der Waals surface area contributed by atoms with E-state index in [0.29, 0.717) is 17.4 Å². The van der Waals surface area contributed by atoms with Crippen molar-refractivity contribution >= 4 is 17.9 Å².